The average molecular weight is 389 g/mol. The van der Waals surface area contributed by atoms with Crippen molar-refractivity contribution in [3.63, 3.8) is 0 Å². The number of hydrogen-bond acceptors (Lipinski definition) is 6. The molecule has 2 aliphatic rings. The fraction of sp³-hybridized carbons (Fsp3) is 0.550. The predicted octanol–water partition coefficient (Wildman–Crippen LogP) is 3.19. The van der Waals surface area contributed by atoms with Crippen LogP contribution in [-0.2, 0) is 5.92 Å². The Morgan fingerprint density at radius 1 is 1.18 bits per heavy atom. The summed E-state index contributed by atoms with van der Waals surface area (Å²) in [5, 5.41) is 18.9. The molecule has 150 valence electrons. The van der Waals surface area contributed by atoms with Gasteiger partial charge in [-0.15, -0.1) is 10.2 Å². The number of alkyl halides is 2. The Morgan fingerprint density at radius 3 is 2.61 bits per heavy atom. The van der Waals surface area contributed by atoms with Gasteiger partial charge in [-0.05, 0) is 51.4 Å². The smallest absolute Gasteiger partial charge is 0.270 e. The van der Waals surface area contributed by atoms with E-state index in [1.54, 1.807) is 6.92 Å². The van der Waals surface area contributed by atoms with Gasteiger partial charge < -0.3 is 14.9 Å². The fourth-order valence-corrected chi connectivity index (χ4v) is 4.31. The van der Waals surface area contributed by atoms with E-state index in [0.29, 0.717) is 34.9 Å². The minimum absolute atomic E-state index is 0.242. The lowest BCUT2D eigenvalue weighted by Crippen LogP contribution is -2.47. The van der Waals surface area contributed by atoms with Crippen LogP contribution >= 0.6 is 0 Å². The molecule has 0 bridgehead atoms. The van der Waals surface area contributed by atoms with Crippen LogP contribution in [0, 0.1) is 12.8 Å². The normalized spacial score (nSPS) is 23.1. The van der Waals surface area contributed by atoms with Gasteiger partial charge in [-0.2, -0.15) is 0 Å². The van der Waals surface area contributed by atoms with Gasteiger partial charge in [-0.1, -0.05) is 6.07 Å². The molecule has 3 heterocycles. The number of fused-ring (bicyclic) bond motifs is 1. The van der Waals surface area contributed by atoms with Crippen molar-refractivity contribution in [2.24, 2.45) is 5.92 Å². The van der Waals surface area contributed by atoms with Crippen molar-refractivity contribution >= 4 is 5.95 Å². The van der Waals surface area contributed by atoms with Crippen LogP contribution in [0.25, 0.3) is 11.3 Å². The van der Waals surface area contributed by atoms with E-state index in [1.807, 2.05) is 0 Å². The van der Waals surface area contributed by atoms with E-state index in [9.17, 15) is 13.9 Å². The van der Waals surface area contributed by atoms with Crippen molar-refractivity contribution < 1.29 is 13.9 Å². The average Bonchev–Trinajstić information content (AvgIpc) is 3.04. The topological polar surface area (TPSA) is 65.4 Å². The Morgan fingerprint density at radius 2 is 1.93 bits per heavy atom. The van der Waals surface area contributed by atoms with Gasteiger partial charge in [0.2, 0.25) is 5.95 Å². The van der Waals surface area contributed by atoms with Gasteiger partial charge >= 0.3 is 0 Å². The molecule has 0 unspecified atom stereocenters. The summed E-state index contributed by atoms with van der Waals surface area (Å²) in [7, 11) is 2.13. The Labute approximate surface area is 163 Å². The molecule has 2 fully saturated rings. The predicted molar refractivity (Wildman–Crippen MR) is 103 cm³/mol. The number of halogens is 2. The number of anilines is 1. The summed E-state index contributed by atoms with van der Waals surface area (Å²) in [6.07, 6.45) is 2.32. The van der Waals surface area contributed by atoms with E-state index in [4.69, 9.17) is 0 Å². The number of aryl methyl sites for hydroxylation is 1. The van der Waals surface area contributed by atoms with Crippen LogP contribution in [-0.4, -0.2) is 57.9 Å². The highest BCUT2D eigenvalue weighted by atomic mass is 19.3. The number of likely N-dealkylation sites (tertiary alicyclic amines) is 1. The number of nitrogens with zero attached hydrogens (tertiary/aromatic N) is 5. The Balaban J connectivity index is 1.62. The largest absolute Gasteiger partial charge is 0.507 e. The summed E-state index contributed by atoms with van der Waals surface area (Å²) in [5.74, 6) is -2.01. The van der Waals surface area contributed by atoms with E-state index < -0.39 is 5.92 Å². The lowest BCUT2D eigenvalue weighted by Gasteiger charge is -2.36. The lowest BCUT2D eigenvalue weighted by atomic mass is 9.92. The van der Waals surface area contributed by atoms with Gasteiger partial charge in [-0.3, -0.25) is 0 Å². The molecule has 4 rings (SSSR count). The minimum atomic E-state index is -3.02. The lowest BCUT2D eigenvalue weighted by molar-refractivity contribution is 0.0173. The summed E-state index contributed by atoms with van der Waals surface area (Å²) in [5.41, 5.74) is 1.13. The number of hydrogen-bond donors (Lipinski definition) is 1. The van der Waals surface area contributed by atoms with Crippen molar-refractivity contribution in [2.75, 3.05) is 31.6 Å². The second-order valence-electron chi connectivity index (χ2n) is 8.03. The molecule has 2 saturated heterocycles. The zero-order chi connectivity index (χ0) is 20.1. The van der Waals surface area contributed by atoms with Crippen LogP contribution in [0.4, 0.5) is 14.7 Å². The number of benzene rings is 1. The molecule has 2 aliphatic heterocycles. The van der Waals surface area contributed by atoms with E-state index >= 15 is 0 Å². The van der Waals surface area contributed by atoms with Crippen molar-refractivity contribution in [1.29, 1.82) is 0 Å². The fourth-order valence-electron chi connectivity index (χ4n) is 4.31. The summed E-state index contributed by atoms with van der Waals surface area (Å²) in [6.45, 7) is 5.63. The molecule has 2 aromatic rings. The second kappa shape index (κ2) is 6.92. The first-order valence-corrected chi connectivity index (χ1v) is 9.62. The molecule has 0 saturated carbocycles. The number of aromatic hydroxyl groups is 1. The molecule has 1 aromatic heterocycles. The molecule has 1 N–H and O–H groups in total. The Bertz CT molecular complexity index is 885. The number of aromatic nitrogens is 3. The van der Waals surface area contributed by atoms with Crippen LogP contribution in [0.15, 0.2) is 18.2 Å². The highest BCUT2D eigenvalue weighted by Gasteiger charge is 2.39. The zero-order valence-corrected chi connectivity index (χ0v) is 16.4. The highest BCUT2D eigenvalue weighted by molar-refractivity contribution is 5.69. The van der Waals surface area contributed by atoms with E-state index in [0.717, 1.165) is 39.0 Å². The van der Waals surface area contributed by atoms with Gasteiger partial charge in [0.25, 0.3) is 5.92 Å². The molecule has 0 spiro atoms. The molecule has 28 heavy (non-hydrogen) atoms. The van der Waals surface area contributed by atoms with Crippen molar-refractivity contribution in [3.05, 3.63) is 29.5 Å². The molecular weight excluding hydrogens is 364 g/mol. The van der Waals surface area contributed by atoms with Crippen LogP contribution in [0.1, 0.15) is 31.0 Å². The summed E-state index contributed by atoms with van der Waals surface area (Å²) in [6, 6.07) is 4.22. The van der Waals surface area contributed by atoms with Gasteiger partial charge in [0.05, 0.1) is 5.69 Å². The molecule has 0 aliphatic carbocycles. The maximum Gasteiger partial charge on any atom is 0.270 e. The van der Waals surface area contributed by atoms with E-state index in [-0.39, 0.29) is 11.3 Å². The molecular formula is C20H25F2N5O. The first kappa shape index (κ1) is 19.0. The first-order valence-electron chi connectivity index (χ1n) is 9.62. The monoisotopic (exact) mass is 389 g/mol. The SMILES string of the molecule is Cc1nc(N2CC[C@H]3CCN(C)C[C@H]32)nnc1-c1ccc(C(C)(F)F)cc1O. The zero-order valence-electron chi connectivity index (χ0n) is 16.4. The molecule has 6 nitrogen and oxygen atoms in total. The molecule has 1 aromatic carbocycles. The number of phenolic OH excluding ortho intramolecular Hbond substituents is 1. The third-order valence-corrected chi connectivity index (χ3v) is 5.93. The van der Waals surface area contributed by atoms with Crippen LogP contribution in [0.3, 0.4) is 0 Å². The summed E-state index contributed by atoms with van der Waals surface area (Å²) < 4.78 is 27.0. The Kier molecular flexibility index (Phi) is 4.69. The van der Waals surface area contributed by atoms with Crippen LogP contribution in [0.2, 0.25) is 0 Å². The van der Waals surface area contributed by atoms with Crippen molar-refractivity contribution in [3.8, 4) is 17.0 Å². The van der Waals surface area contributed by atoms with E-state index in [1.165, 1.54) is 18.6 Å². The van der Waals surface area contributed by atoms with Gasteiger partial charge in [0, 0.05) is 37.2 Å². The number of phenols is 1. The minimum Gasteiger partial charge on any atom is -0.507 e. The van der Waals surface area contributed by atoms with Gasteiger partial charge in [0.1, 0.15) is 11.4 Å². The van der Waals surface area contributed by atoms with Crippen molar-refractivity contribution in [2.45, 2.75) is 38.7 Å². The highest BCUT2D eigenvalue weighted by Crippen LogP contribution is 2.37. The summed E-state index contributed by atoms with van der Waals surface area (Å²) >= 11 is 0. The number of rotatable bonds is 3. The van der Waals surface area contributed by atoms with E-state index in [2.05, 4.69) is 32.0 Å². The quantitative estimate of drug-likeness (QED) is 0.870. The van der Waals surface area contributed by atoms with Crippen LogP contribution in [0.5, 0.6) is 5.75 Å². The summed E-state index contributed by atoms with van der Waals surface area (Å²) in [4.78, 5) is 9.19. The number of piperidine rings is 1. The standard InChI is InChI=1S/C20H25F2N5O/c1-12-18(15-5-4-14(10-17(15)28)20(2,21)22)24-25-19(23-12)27-9-7-13-6-8-26(3)11-16(13)27/h4-5,10,13,16,28H,6-9,11H2,1-3H3/t13-,16-/m1/s1. The third kappa shape index (κ3) is 3.41. The Hall–Kier alpha value is -2.35. The molecule has 8 heteroatoms. The molecule has 0 radical (unpaired) electrons. The molecule has 0 amide bonds. The maximum atomic E-state index is 13.5. The maximum absolute atomic E-state index is 13.5. The second-order valence-corrected chi connectivity index (χ2v) is 8.03. The van der Waals surface area contributed by atoms with Crippen LogP contribution < -0.4 is 4.90 Å². The number of likely N-dealkylation sites (N-methyl/N-ethyl adjacent to an activating group) is 1. The van der Waals surface area contributed by atoms with Crippen molar-refractivity contribution in [1.82, 2.24) is 20.1 Å². The van der Waals surface area contributed by atoms with Gasteiger partial charge in [-0.25, -0.2) is 13.8 Å². The third-order valence-electron chi connectivity index (χ3n) is 5.93. The van der Waals surface area contributed by atoms with Gasteiger partial charge in [0.15, 0.2) is 0 Å². The first-order chi connectivity index (χ1) is 13.2. The molecule has 2 atom stereocenters.